The van der Waals surface area contributed by atoms with Gasteiger partial charge in [0.1, 0.15) is 23.4 Å². The minimum atomic E-state index is -1.10. The van der Waals surface area contributed by atoms with Gasteiger partial charge < -0.3 is 19.6 Å². The van der Waals surface area contributed by atoms with Gasteiger partial charge in [0.2, 0.25) is 5.89 Å². The summed E-state index contributed by atoms with van der Waals surface area (Å²) >= 11 is 6.40. The summed E-state index contributed by atoms with van der Waals surface area (Å²) in [5.41, 5.74) is 2.23. The van der Waals surface area contributed by atoms with Crippen LogP contribution in [-0.4, -0.2) is 33.0 Å². The van der Waals surface area contributed by atoms with Gasteiger partial charge in [0.05, 0.1) is 41.0 Å². The highest BCUT2D eigenvalue weighted by Gasteiger charge is 2.24. The third-order valence-corrected chi connectivity index (χ3v) is 4.82. The molecule has 152 valence electrons. The lowest BCUT2D eigenvalue weighted by Crippen LogP contribution is -2.08. The highest BCUT2D eigenvalue weighted by atomic mass is 35.5. The van der Waals surface area contributed by atoms with E-state index in [2.05, 4.69) is 15.4 Å². The lowest BCUT2D eigenvalue weighted by atomic mass is 10.1. The van der Waals surface area contributed by atoms with Gasteiger partial charge >= 0.3 is 5.97 Å². The van der Waals surface area contributed by atoms with E-state index in [0.29, 0.717) is 45.1 Å². The van der Waals surface area contributed by atoms with E-state index in [4.69, 9.17) is 20.8 Å². The van der Waals surface area contributed by atoms with Gasteiger partial charge in [-0.15, -0.1) is 0 Å². The number of ether oxygens (including phenoxy) is 1. The molecule has 0 saturated heterocycles. The van der Waals surface area contributed by atoms with Crippen molar-refractivity contribution < 1.29 is 19.1 Å². The number of hydrogen-bond acceptors (Lipinski definition) is 6. The van der Waals surface area contributed by atoms with Gasteiger partial charge in [0.15, 0.2) is 0 Å². The average Bonchev–Trinajstić information content (AvgIpc) is 3.36. The first-order valence-corrected chi connectivity index (χ1v) is 9.30. The van der Waals surface area contributed by atoms with Gasteiger partial charge in [0.25, 0.3) is 0 Å². The smallest absolute Gasteiger partial charge is 0.337 e. The number of carboxylic acids is 1. The van der Waals surface area contributed by atoms with Crippen LogP contribution in [0.2, 0.25) is 5.02 Å². The second-order valence-electron chi connectivity index (χ2n) is 6.35. The van der Waals surface area contributed by atoms with Crippen LogP contribution in [0.1, 0.15) is 16.1 Å². The van der Waals surface area contributed by atoms with Gasteiger partial charge in [-0.25, -0.2) is 14.5 Å². The molecule has 0 atom stereocenters. The Morgan fingerprint density at radius 2 is 2.07 bits per heavy atom. The molecule has 2 aromatic heterocycles. The van der Waals surface area contributed by atoms with Crippen molar-refractivity contribution in [3.8, 4) is 22.9 Å². The van der Waals surface area contributed by atoms with Crippen LogP contribution in [0.25, 0.3) is 17.1 Å². The molecule has 2 heterocycles. The highest BCUT2D eigenvalue weighted by Crippen LogP contribution is 2.37. The molecule has 0 radical (unpaired) electrons. The molecule has 4 aromatic rings. The minimum Gasteiger partial charge on any atom is -0.497 e. The number of carboxylic acid groups (broad SMARTS) is 1. The summed E-state index contributed by atoms with van der Waals surface area (Å²) in [6.45, 7) is 1.81. The Kier molecular flexibility index (Phi) is 5.16. The third kappa shape index (κ3) is 3.48. The molecule has 4 rings (SSSR count). The number of aryl methyl sites for hydroxylation is 1. The van der Waals surface area contributed by atoms with Crippen LogP contribution in [0.4, 0.5) is 11.5 Å². The van der Waals surface area contributed by atoms with Crippen LogP contribution >= 0.6 is 11.6 Å². The van der Waals surface area contributed by atoms with Crippen molar-refractivity contribution in [3.63, 3.8) is 0 Å². The summed E-state index contributed by atoms with van der Waals surface area (Å²) in [5, 5.41) is 17.9. The first-order valence-electron chi connectivity index (χ1n) is 8.92. The van der Waals surface area contributed by atoms with E-state index in [1.807, 2.05) is 25.1 Å². The number of aromatic nitrogens is 3. The Balaban J connectivity index is 1.93. The fourth-order valence-corrected chi connectivity index (χ4v) is 3.32. The summed E-state index contributed by atoms with van der Waals surface area (Å²) < 4.78 is 12.3. The molecule has 0 bridgehead atoms. The Morgan fingerprint density at radius 3 is 2.73 bits per heavy atom. The zero-order valence-electron chi connectivity index (χ0n) is 16.1. The van der Waals surface area contributed by atoms with Crippen LogP contribution in [0.5, 0.6) is 5.75 Å². The quantitative estimate of drug-likeness (QED) is 0.452. The van der Waals surface area contributed by atoms with Gasteiger partial charge in [-0.3, -0.25) is 0 Å². The number of anilines is 2. The van der Waals surface area contributed by atoms with E-state index < -0.39 is 5.97 Å². The highest BCUT2D eigenvalue weighted by molar-refractivity contribution is 6.32. The van der Waals surface area contributed by atoms with Crippen LogP contribution in [0.3, 0.4) is 0 Å². The number of rotatable bonds is 6. The molecule has 0 unspecified atom stereocenters. The van der Waals surface area contributed by atoms with Crippen molar-refractivity contribution in [2.75, 3.05) is 12.4 Å². The Hall–Kier alpha value is -3.78. The van der Waals surface area contributed by atoms with Gasteiger partial charge in [0, 0.05) is 0 Å². The number of hydrogen-bond donors (Lipinski definition) is 2. The molecule has 2 N–H and O–H groups in total. The number of nitrogens with zero attached hydrogens (tertiary/aromatic N) is 3. The fraction of sp³-hybridized carbons (Fsp3) is 0.0952. The second-order valence-corrected chi connectivity index (χ2v) is 6.76. The minimum absolute atomic E-state index is 0.0391. The normalized spacial score (nSPS) is 10.8. The zero-order valence-corrected chi connectivity index (χ0v) is 16.8. The summed E-state index contributed by atoms with van der Waals surface area (Å²) in [5.74, 6) is 0.144. The lowest BCUT2D eigenvalue weighted by Gasteiger charge is -2.15. The Labute approximate surface area is 176 Å². The third-order valence-electron chi connectivity index (χ3n) is 4.50. The molecular formula is C21H17ClN4O4. The van der Waals surface area contributed by atoms with Gasteiger partial charge in [-0.2, -0.15) is 5.10 Å². The van der Waals surface area contributed by atoms with E-state index in [1.165, 1.54) is 25.6 Å². The molecule has 0 amide bonds. The van der Waals surface area contributed by atoms with Crippen molar-refractivity contribution in [2.24, 2.45) is 0 Å². The number of para-hydroxylation sites is 1. The molecule has 0 spiro atoms. The van der Waals surface area contributed by atoms with Crippen molar-refractivity contribution in [1.82, 2.24) is 14.8 Å². The van der Waals surface area contributed by atoms with E-state index in [9.17, 15) is 9.90 Å². The van der Waals surface area contributed by atoms with Crippen LogP contribution in [-0.2, 0) is 0 Å². The maximum atomic E-state index is 11.8. The van der Waals surface area contributed by atoms with Crippen molar-refractivity contribution in [3.05, 3.63) is 71.2 Å². The fourth-order valence-electron chi connectivity index (χ4n) is 3.11. The molecule has 0 aliphatic carbocycles. The monoisotopic (exact) mass is 424 g/mol. The molecule has 0 aliphatic heterocycles. The van der Waals surface area contributed by atoms with Gasteiger partial charge in [-0.05, 0) is 37.3 Å². The van der Waals surface area contributed by atoms with E-state index in [-0.39, 0.29) is 5.56 Å². The standard InChI is InChI=1S/C21H17ClN4O4/c1-12-18(20-23-9-10-30-20)19(26(25-12)17-6-4-3-5-15(17)22)24-16-8-7-13(29-2)11-14(16)21(27)28/h3-11,24H,1-2H3,(H,27,28). The molecule has 0 fully saturated rings. The maximum Gasteiger partial charge on any atom is 0.337 e. The Bertz CT molecular complexity index is 1220. The lowest BCUT2D eigenvalue weighted by molar-refractivity contribution is 0.0697. The predicted octanol–water partition coefficient (Wildman–Crippen LogP) is 4.94. The van der Waals surface area contributed by atoms with Crippen LogP contribution in [0, 0.1) is 6.92 Å². The topological polar surface area (TPSA) is 102 Å². The first-order chi connectivity index (χ1) is 14.5. The van der Waals surface area contributed by atoms with Crippen LogP contribution < -0.4 is 10.1 Å². The number of halogens is 1. The van der Waals surface area contributed by atoms with E-state index in [1.54, 1.807) is 22.9 Å². The Morgan fingerprint density at radius 1 is 1.27 bits per heavy atom. The molecule has 0 saturated carbocycles. The number of carbonyl (C=O) groups is 1. The largest absolute Gasteiger partial charge is 0.497 e. The maximum absolute atomic E-state index is 11.8. The molecule has 8 nitrogen and oxygen atoms in total. The zero-order chi connectivity index (χ0) is 21.3. The summed E-state index contributed by atoms with van der Waals surface area (Å²) in [6, 6.07) is 11.9. The van der Waals surface area contributed by atoms with E-state index in [0.717, 1.165) is 0 Å². The molecule has 9 heteroatoms. The van der Waals surface area contributed by atoms with E-state index >= 15 is 0 Å². The number of nitrogens with one attached hydrogen (secondary N) is 1. The van der Waals surface area contributed by atoms with Crippen molar-refractivity contribution in [2.45, 2.75) is 6.92 Å². The number of aromatic carboxylic acids is 1. The second kappa shape index (κ2) is 7.92. The van der Waals surface area contributed by atoms with Crippen molar-refractivity contribution in [1.29, 1.82) is 0 Å². The number of benzene rings is 2. The average molecular weight is 425 g/mol. The first kappa shape index (κ1) is 19.5. The number of methoxy groups -OCH3 is 1. The van der Waals surface area contributed by atoms with Crippen LogP contribution in [0.15, 0.2) is 59.3 Å². The summed E-state index contributed by atoms with van der Waals surface area (Å²) in [7, 11) is 1.48. The van der Waals surface area contributed by atoms with Gasteiger partial charge in [-0.1, -0.05) is 23.7 Å². The van der Waals surface area contributed by atoms with Crippen molar-refractivity contribution >= 4 is 29.1 Å². The predicted molar refractivity (Wildman–Crippen MR) is 112 cm³/mol. The molecule has 30 heavy (non-hydrogen) atoms. The molecule has 2 aromatic carbocycles. The summed E-state index contributed by atoms with van der Waals surface area (Å²) in [4.78, 5) is 16.1. The molecule has 0 aliphatic rings. The molecular weight excluding hydrogens is 408 g/mol. The SMILES string of the molecule is COc1ccc(Nc2c(-c3ncco3)c(C)nn2-c2ccccc2Cl)c(C(=O)O)c1. The number of oxazole rings is 1. The summed E-state index contributed by atoms with van der Waals surface area (Å²) in [6.07, 6.45) is 2.99.